The van der Waals surface area contributed by atoms with Crippen LogP contribution in [-0.2, 0) is 10.0 Å². The molecule has 1 aromatic heterocycles. The average molecular weight is 492 g/mol. The molecule has 0 spiro atoms. The third kappa shape index (κ3) is 4.75. The minimum atomic E-state index is -4.35. The van der Waals surface area contributed by atoms with Crippen LogP contribution in [0.4, 0.5) is 17.1 Å². The first-order valence-electron chi connectivity index (χ1n) is 10.5. The molecule has 0 aliphatic rings. The highest BCUT2D eigenvalue weighted by Crippen LogP contribution is 2.28. The summed E-state index contributed by atoms with van der Waals surface area (Å²) in [4.78, 5) is 23.2. The molecule has 0 aliphatic carbocycles. The van der Waals surface area contributed by atoms with Crippen LogP contribution >= 0.6 is 0 Å². The molecule has 4 rings (SSSR count). The first kappa shape index (κ1) is 23.6. The second-order valence-corrected chi connectivity index (χ2v) is 9.27. The highest BCUT2D eigenvalue weighted by Gasteiger charge is 2.27. The third-order valence-electron chi connectivity index (χ3n) is 5.30. The molecular weight excluding hydrogens is 470 g/mol. The molecule has 11 heteroatoms. The Morgan fingerprint density at radius 2 is 1.57 bits per heavy atom. The molecule has 0 fully saturated rings. The predicted molar refractivity (Wildman–Crippen MR) is 131 cm³/mol. The van der Waals surface area contributed by atoms with E-state index in [1.807, 2.05) is 37.3 Å². The second kappa shape index (κ2) is 9.39. The number of para-hydroxylation sites is 3. The smallest absolute Gasteiger partial charge is 0.289 e. The summed E-state index contributed by atoms with van der Waals surface area (Å²) in [6.45, 7) is 3.57. The van der Waals surface area contributed by atoms with E-state index in [1.165, 1.54) is 24.3 Å². The number of aryl methyl sites for hydroxylation is 1. The lowest BCUT2D eigenvalue weighted by atomic mass is 10.1. The fourth-order valence-electron chi connectivity index (χ4n) is 3.63. The molecule has 0 unspecified atom stereocenters. The molecular formula is C24H21N5O5S. The van der Waals surface area contributed by atoms with Crippen LogP contribution in [0.1, 0.15) is 21.7 Å². The quantitative estimate of drug-likeness (QED) is 0.289. The van der Waals surface area contributed by atoms with Gasteiger partial charge in [0.1, 0.15) is 0 Å². The van der Waals surface area contributed by atoms with E-state index in [-0.39, 0.29) is 11.3 Å². The van der Waals surface area contributed by atoms with Gasteiger partial charge in [-0.05, 0) is 44.2 Å². The Hall–Kier alpha value is -4.51. The van der Waals surface area contributed by atoms with Crippen molar-refractivity contribution in [3.63, 3.8) is 0 Å². The lowest BCUT2D eigenvalue weighted by molar-refractivity contribution is -0.387. The van der Waals surface area contributed by atoms with E-state index >= 15 is 0 Å². The van der Waals surface area contributed by atoms with Crippen molar-refractivity contribution in [1.82, 2.24) is 9.78 Å². The number of sulfonamides is 1. The van der Waals surface area contributed by atoms with Crippen LogP contribution in [-0.4, -0.2) is 29.0 Å². The number of nitro benzene ring substituents is 1. The lowest BCUT2D eigenvalue weighted by Crippen LogP contribution is -2.19. The van der Waals surface area contributed by atoms with Crippen molar-refractivity contribution in [3.8, 4) is 5.69 Å². The average Bonchev–Trinajstić information content (AvgIpc) is 3.13. The van der Waals surface area contributed by atoms with Crippen molar-refractivity contribution in [2.24, 2.45) is 0 Å². The van der Waals surface area contributed by atoms with Crippen LogP contribution in [0.2, 0.25) is 0 Å². The maximum atomic E-state index is 13.2. The fraction of sp³-hybridized carbons (Fsp3) is 0.0833. The summed E-state index contributed by atoms with van der Waals surface area (Å²) in [7, 11) is -4.35. The predicted octanol–water partition coefficient (Wildman–Crippen LogP) is 4.45. The maximum Gasteiger partial charge on any atom is 0.289 e. The molecule has 0 saturated heterocycles. The van der Waals surface area contributed by atoms with Crippen molar-refractivity contribution < 1.29 is 18.1 Å². The Morgan fingerprint density at radius 1 is 0.943 bits per heavy atom. The highest BCUT2D eigenvalue weighted by molar-refractivity contribution is 7.92. The molecule has 0 bridgehead atoms. The Bertz CT molecular complexity index is 1530. The Balaban J connectivity index is 1.65. The molecule has 0 aliphatic heterocycles. The fourth-order valence-corrected chi connectivity index (χ4v) is 4.88. The number of hydrogen-bond acceptors (Lipinski definition) is 6. The van der Waals surface area contributed by atoms with Crippen molar-refractivity contribution in [2.75, 3.05) is 10.0 Å². The van der Waals surface area contributed by atoms with Crippen LogP contribution in [0.25, 0.3) is 5.69 Å². The van der Waals surface area contributed by atoms with E-state index in [0.717, 1.165) is 17.8 Å². The zero-order valence-electron chi connectivity index (χ0n) is 18.8. The van der Waals surface area contributed by atoms with Gasteiger partial charge in [0.25, 0.3) is 21.6 Å². The molecule has 0 atom stereocenters. The number of hydrogen-bond donors (Lipinski definition) is 2. The summed E-state index contributed by atoms with van der Waals surface area (Å²) < 4.78 is 29.9. The number of benzene rings is 3. The normalized spacial score (nSPS) is 11.1. The van der Waals surface area contributed by atoms with Crippen molar-refractivity contribution in [1.29, 1.82) is 0 Å². The van der Waals surface area contributed by atoms with Gasteiger partial charge < -0.3 is 5.32 Å². The zero-order valence-corrected chi connectivity index (χ0v) is 19.6. The minimum absolute atomic E-state index is 0.0195. The van der Waals surface area contributed by atoms with Crippen molar-refractivity contribution >= 4 is 33.0 Å². The number of aromatic nitrogens is 2. The van der Waals surface area contributed by atoms with Crippen LogP contribution in [0.5, 0.6) is 0 Å². The largest absolute Gasteiger partial charge is 0.319 e. The molecule has 178 valence electrons. The Labute approximate surface area is 201 Å². The van der Waals surface area contributed by atoms with E-state index in [1.54, 1.807) is 23.7 Å². The summed E-state index contributed by atoms with van der Waals surface area (Å²) in [5, 5.41) is 18.6. The number of nitrogens with one attached hydrogen (secondary N) is 2. The van der Waals surface area contributed by atoms with E-state index in [4.69, 9.17) is 0 Å². The van der Waals surface area contributed by atoms with Gasteiger partial charge in [0.15, 0.2) is 4.90 Å². The number of anilines is 2. The third-order valence-corrected chi connectivity index (χ3v) is 6.71. The standard InChI is InChI=1S/C24H21N5O5S/c1-16-23(17(2)28(26-16)18-10-4-3-5-11-18)25-24(30)19-12-6-7-13-20(19)27-35(33,34)22-15-9-8-14-21(22)29(31)32/h3-15,27H,1-2H3,(H,25,30). The Morgan fingerprint density at radius 3 is 2.29 bits per heavy atom. The van der Waals surface area contributed by atoms with Crippen LogP contribution in [0.3, 0.4) is 0 Å². The van der Waals surface area contributed by atoms with E-state index in [0.29, 0.717) is 17.1 Å². The summed E-state index contributed by atoms with van der Waals surface area (Å²) in [6.07, 6.45) is 0. The molecule has 10 nitrogen and oxygen atoms in total. The van der Waals surface area contributed by atoms with Crippen LogP contribution in [0.15, 0.2) is 83.8 Å². The van der Waals surface area contributed by atoms with Gasteiger partial charge in [-0.25, -0.2) is 13.1 Å². The molecule has 3 aromatic carbocycles. The van der Waals surface area contributed by atoms with E-state index < -0.39 is 31.4 Å². The van der Waals surface area contributed by atoms with Gasteiger partial charge in [0.05, 0.1) is 38.9 Å². The van der Waals surface area contributed by atoms with Gasteiger partial charge in [0, 0.05) is 6.07 Å². The van der Waals surface area contributed by atoms with Gasteiger partial charge in [-0.3, -0.25) is 19.6 Å². The topological polar surface area (TPSA) is 136 Å². The molecule has 1 heterocycles. The van der Waals surface area contributed by atoms with E-state index in [2.05, 4.69) is 15.1 Å². The SMILES string of the molecule is Cc1nn(-c2ccccc2)c(C)c1NC(=O)c1ccccc1NS(=O)(=O)c1ccccc1[N+](=O)[O-]. The highest BCUT2D eigenvalue weighted by atomic mass is 32.2. The first-order chi connectivity index (χ1) is 16.7. The molecule has 0 saturated carbocycles. The van der Waals surface area contributed by atoms with Gasteiger partial charge >= 0.3 is 0 Å². The lowest BCUT2D eigenvalue weighted by Gasteiger charge is -2.13. The number of carbonyl (C=O) groups is 1. The zero-order chi connectivity index (χ0) is 25.2. The van der Waals surface area contributed by atoms with Gasteiger partial charge in [-0.15, -0.1) is 0 Å². The number of nitro groups is 1. The van der Waals surface area contributed by atoms with Crippen molar-refractivity contribution in [2.45, 2.75) is 18.7 Å². The molecule has 0 radical (unpaired) electrons. The van der Waals surface area contributed by atoms with Gasteiger partial charge in [0.2, 0.25) is 0 Å². The number of carbonyl (C=O) groups excluding carboxylic acids is 1. The second-order valence-electron chi connectivity index (χ2n) is 7.62. The van der Waals surface area contributed by atoms with Crippen LogP contribution < -0.4 is 10.0 Å². The summed E-state index contributed by atoms with van der Waals surface area (Å²) in [6, 6.07) is 20.4. The molecule has 4 aromatic rings. The molecule has 2 N–H and O–H groups in total. The first-order valence-corrected chi connectivity index (χ1v) is 12.0. The van der Waals surface area contributed by atoms with Crippen LogP contribution in [0, 0.1) is 24.0 Å². The van der Waals surface area contributed by atoms with Gasteiger partial charge in [-0.1, -0.05) is 42.5 Å². The number of amides is 1. The summed E-state index contributed by atoms with van der Waals surface area (Å²) in [5.41, 5.74) is 2.05. The van der Waals surface area contributed by atoms with Gasteiger partial charge in [-0.2, -0.15) is 5.10 Å². The molecule has 35 heavy (non-hydrogen) atoms. The minimum Gasteiger partial charge on any atom is -0.319 e. The van der Waals surface area contributed by atoms with E-state index in [9.17, 15) is 23.3 Å². The number of rotatable bonds is 7. The maximum absolute atomic E-state index is 13.2. The van der Waals surface area contributed by atoms with Crippen molar-refractivity contribution in [3.05, 3.63) is 106 Å². The molecule has 1 amide bonds. The number of nitrogens with zero attached hydrogens (tertiary/aromatic N) is 3. The summed E-state index contributed by atoms with van der Waals surface area (Å²) >= 11 is 0. The Kier molecular flexibility index (Phi) is 6.34. The summed E-state index contributed by atoms with van der Waals surface area (Å²) in [5.74, 6) is -0.565. The monoisotopic (exact) mass is 491 g/mol.